The van der Waals surface area contributed by atoms with Crippen LogP contribution in [-0.4, -0.2) is 23.0 Å². The zero-order valence-electron chi connectivity index (χ0n) is 11.5. The first-order valence-electron chi connectivity index (χ1n) is 6.49. The second-order valence-electron chi connectivity index (χ2n) is 4.92. The second kappa shape index (κ2) is 5.69. The van der Waals surface area contributed by atoms with Crippen molar-refractivity contribution in [1.82, 2.24) is 10.3 Å². The molecule has 1 unspecified atom stereocenters. The zero-order chi connectivity index (χ0) is 13.8. The third-order valence-electron chi connectivity index (χ3n) is 2.79. The Balaban J connectivity index is 2.10. The molecule has 1 aromatic carbocycles. The minimum absolute atomic E-state index is 0.0232. The van der Waals surface area contributed by atoms with Gasteiger partial charge in [-0.05, 0) is 39.0 Å². The molecule has 2 N–H and O–H groups in total. The molecule has 0 saturated heterocycles. The molecule has 4 nitrogen and oxygen atoms in total. The van der Waals surface area contributed by atoms with Crippen LogP contribution >= 0.6 is 0 Å². The molecule has 1 aromatic heterocycles. The van der Waals surface area contributed by atoms with Gasteiger partial charge in [0.05, 0.1) is 5.52 Å². The first-order chi connectivity index (χ1) is 9.06. The third-order valence-corrected chi connectivity index (χ3v) is 2.79. The normalized spacial score (nSPS) is 12.4. The molecule has 4 heteroatoms. The van der Waals surface area contributed by atoms with E-state index in [4.69, 9.17) is 0 Å². The highest BCUT2D eigenvalue weighted by Crippen LogP contribution is 2.15. The average molecular weight is 257 g/mol. The summed E-state index contributed by atoms with van der Waals surface area (Å²) in [6.45, 7) is 5.71. The Morgan fingerprint density at radius 2 is 1.84 bits per heavy atom. The number of aromatic nitrogens is 1. The molecule has 1 heterocycles. The van der Waals surface area contributed by atoms with Gasteiger partial charge in [0, 0.05) is 11.4 Å². The Labute approximate surface area is 113 Å². The monoisotopic (exact) mass is 257 g/mol. The number of carbonyl (C=O) groups is 1. The van der Waals surface area contributed by atoms with Gasteiger partial charge in [-0.3, -0.25) is 4.79 Å². The molecule has 100 valence electrons. The highest BCUT2D eigenvalue weighted by atomic mass is 16.2. The largest absolute Gasteiger partial charge is 0.359 e. The van der Waals surface area contributed by atoms with Gasteiger partial charge in [0.15, 0.2) is 0 Å². The maximum atomic E-state index is 11.8. The van der Waals surface area contributed by atoms with E-state index in [1.54, 1.807) is 0 Å². The highest BCUT2D eigenvalue weighted by Gasteiger charge is 2.13. The van der Waals surface area contributed by atoms with Gasteiger partial charge in [-0.1, -0.05) is 18.2 Å². The first-order valence-corrected chi connectivity index (χ1v) is 6.49. The lowest BCUT2D eigenvalue weighted by molar-refractivity contribution is -0.122. The van der Waals surface area contributed by atoms with Crippen molar-refractivity contribution in [1.29, 1.82) is 0 Å². The van der Waals surface area contributed by atoms with E-state index in [9.17, 15) is 4.79 Å². The van der Waals surface area contributed by atoms with Crippen LogP contribution in [0.3, 0.4) is 0 Å². The summed E-state index contributed by atoms with van der Waals surface area (Å²) in [6, 6.07) is 11.6. The number of nitrogens with one attached hydrogen (secondary N) is 2. The molecule has 1 amide bonds. The van der Waals surface area contributed by atoms with E-state index in [0.717, 1.165) is 10.9 Å². The molecule has 0 aliphatic rings. The number of hydrogen-bond donors (Lipinski definition) is 2. The van der Waals surface area contributed by atoms with E-state index in [1.165, 1.54) is 0 Å². The molecule has 0 aliphatic carbocycles. The molecule has 0 saturated carbocycles. The van der Waals surface area contributed by atoms with Crippen LogP contribution in [0.5, 0.6) is 0 Å². The maximum Gasteiger partial charge on any atom is 0.242 e. The number of rotatable bonds is 4. The number of hydrogen-bond acceptors (Lipinski definition) is 3. The number of para-hydroxylation sites is 1. The molecule has 0 spiro atoms. The molecule has 2 rings (SSSR count). The van der Waals surface area contributed by atoms with Crippen molar-refractivity contribution in [3.05, 3.63) is 36.4 Å². The first kappa shape index (κ1) is 13.3. The molecular weight excluding hydrogens is 238 g/mol. The molecule has 2 aromatic rings. The van der Waals surface area contributed by atoms with E-state index in [2.05, 4.69) is 15.6 Å². The predicted molar refractivity (Wildman–Crippen MR) is 78.1 cm³/mol. The fourth-order valence-electron chi connectivity index (χ4n) is 1.84. The summed E-state index contributed by atoms with van der Waals surface area (Å²) in [4.78, 5) is 16.3. The minimum Gasteiger partial charge on any atom is -0.359 e. The summed E-state index contributed by atoms with van der Waals surface area (Å²) < 4.78 is 0. The molecule has 0 bridgehead atoms. The lowest BCUT2D eigenvalue weighted by atomic mass is 10.2. The van der Waals surface area contributed by atoms with Crippen LogP contribution in [0, 0.1) is 0 Å². The van der Waals surface area contributed by atoms with Crippen LogP contribution in [-0.2, 0) is 4.79 Å². The van der Waals surface area contributed by atoms with E-state index in [-0.39, 0.29) is 18.0 Å². The SMILES string of the molecule is CC(C)NC(=O)C(C)Nc1ccc2ccccc2n1. The number of benzene rings is 1. The quantitative estimate of drug-likeness (QED) is 0.885. The predicted octanol–water partition coefficient (Wildman–Crippen LogP) is 2.56. The molecule has 0 aliphatic heterocycles. The average Bonchev–Trinajstić information content (AvgIpc) is 2.37. The van der Waals surface area contributed by atoms with E-state index >= 15 is 0 Å². The van der Waals surface area contributed by atoms with Crippen LogP contribution in [0.25, 0.3) is 10.9 Å². The lowest BCUT2D eigenvalue weighted by Crippen LogP contribution is -2.41. The van der Waals surface area contributed by atoms with Crippen molar-refractivity contribution >= 4 is 22.6 Å². The van der Waals surface area contributed by atoms with Crippen molar-refractivity contribution in [3.8, 4) is 0 Å². The van der Waals surface area contributed by atoms with Gasteiger partial charge < -0.3 is 10.6 Å². The third kappa shape index (κ3) is 3.44. The van der Waals surface area contributed by atoms with Gasteiger partial charge in [-0.2, -0.15) is 0 Å². The summed E-state index contributed by atoms with van der Waals surface area (Å²) in [6.07, 6.45) is 0. The van der Waals surface area contributed by atoms with Crippen molar-refractivity contribution in [2.75, 3.05) is 5.32 Å². The van der Waals surface area contributed by atoms with Gasteiger partial charge in [0.25, 0.3) is 0 Å². The Morgan fingerprint density at radius 3 is 2.58 bits per heavy atom. The second-order valence-corrected chi connectivity index (χ2v) is 4.92. The summed E-state index contributed by atoms with van der Waals surface area (Å²) in [5.41, 5.74) is 0.920. The molecule has 1 atom stereocenters. The van der Waals surface area contributed by atoms with Crippen LogP contribution in [0.2, 0.25) is 0 Å². The van der Waals surface area contributed by atoms with Crippen LogP contribution in [0.4, 0.5) is 5.82 Å². The number of fused-ring (bicyclic) bond motifs is 1. The smallest absolute Gasteiger partial charge is 0.242 e. The Morgan fingerprint density at radius 1 is 1.11 bits per heavy atom. The number of nitrogens with zero attached hydrogens (tertiary/aromatic N) is 1. The van der Waals surface area contributed by atoms with E-state index in [0.29, 0.717) is 5.82 Å². The van der Waals surface area contributed by atoms with Gasteiger partial charge in [0.2, 0.25) is 5.91 Å². The summed E-state index contributed by atoms with van der Waals surface area (Å²) in [5, 5.41) is 7.08. The molecule has 19 heavy (non-hydrogen) atoms. The number of pyridine rings is 1. The maximum absolute atomic E-state index is 11.8. The summed E-state index contributed by atoms with van der Waals surface area (Å²) in [5.74, 6) is 0.690. The summed E-state index contributed by atoms with van der Waals surface area (Å²) in [7, 11) is 0. The van der Waals surface area contributed by atoms with Crippen molar-refractivity contribution in [2.45, 2.75) is 32.9 Å². The number of amides is 1. The standard InChI is InChI=1S/C15H19N3O/c1-10(2)16-15(19)11(3)17-14-9-8-12-6-4-5-7-13(12)18-14/h4-11H,1-3H3,(H,16,19)(H,17,18). The zero-order valence-corrected chi connectivity index (χ0v) is 11.5. The van der Waals surface area contributed by atoms with Crippen molar-refractivity contribution in [2.24, 2.45) is 0 Å². The lowest BCUT2D eigenvalue weighted by Gasteiger charge is -2.16. The Kier molecular flexibility index (Phi) is 4.00. The Bertz CT molecular complexity index is 580. The van der Waals surface area contributed by atoms with Crippen molar-refractivity contribution in [3.63, 3.8) is 0 Å². The topological polar surface area (TPSA) is 54.0 Å². The van der Waals surface area contributed by atoms with Gasteiger partial charge in [0.1, 0.15) is 11.9 Å². The van der Waals surface area contributed by atoms with E-state index < -0.39 is 0 Å². The molecule has 0 fully saturated rings. The van der Waals surface area contributed by atoms with Gasteiger partial charge >= 0.3 is 0 Å². The van der Waals surface area contributed by atoms with Crippen LogP contribution in [0.15, 0.2) is 36.4 Å². The van der Waals surface area contributed by atoms with Gasteiger partial charge in [-0.25, -0.2) is 4.98 Å². The van der Waals surface area contributed by atoms with Crippen molar-refractivity contribution < 1.29 is 4.79 Å². The van der Waals surface area contributed by atoms with Gasteiger partial charge in [-0.15, -0.1) is 0 Å². The highest BCUT2D eigenvalue weighted by molar-refractivity contribution is 5.85. The van der Waals surface area contributed by atoms with Crippen LogP contribution in [0.1, 0.15) is 20.8 Å². The minimum atomic E-state index is -0.309. The molecular formula is C15H19N3O. The summed E-state index contributed by atoms with van der Waals surface area (Å²) >= 11 is 0. The van der Waals surface area contributed by atoms with E-state index in [1.807, 2.05) is 57.2 Å². The number of carbonyl (C=O) groups excluding carboxylic acids is 1. The van der Waals surface area contributed by atoms with Crippen LogP contribution < -0.4 is 10.6 Å². The fourth-order valence-corrected chi connectivity index (χ4v) is 1.84. The Hall–Kier alpha value is -2.10. The fraction of sp³-hybridized carbons (Fsp3) is 0.333. The molecule has 0 radical (unpaired) electrons. The number of anilines is 1.